The molecule has 0 atom stereocenters. The van der Waals surface area contributed by atoms with Crippen molar-refractivity contribution in [2.75, 3.05) is 14.2 Å². The summed E-state index contributed by atoms with van der Waals surface area (Å²) in [6, 6.07) is 14.0. The molecule has 2 aromatic carbocycles. The van der Waals surface area contributed by atoms with Crippen molar-refractivity contribution in [3.63, 3.8) is 0 Å². The number of hydrogen-bond acceptors (Lipinski definition) is 4. The highest BCUT2D eigenvalue weighted by molar-refractivity contribution is 5.88. The van der Waals surface area contributed by atoms with Gasteiger partial charge in [-0.3, -0.25) is 4.98 Å². The van der Waals surface area contributed by atoms with Gasteiger partial charge in [0, 0.05) is 17.6 Å². The molecule has 0 amide bonds. The first-order valence-corrected chi connectivity index (χ1v) is 8.07. The van der Waals surface area contributed by atoms with Crippen LogP contribution in [-0.2, 0) is 0 Å². The fourth-order valence-electron chi connectivity index (χ4n) is 2.89. The van der Waals surface area contributed by atoms with E-state index < -0.39 is 0 Å². The van der Waals surface area contributed by atoms with Gasteiger partial charge in [0.25, 0.3) is 0 Å². The third kappa shape index (κ3) is 2.75. The molecule has 24 heavy (non-hydrogen) atoms. The molecule has 1 saturated carbocycles. The molecule has 1 aliphatic carbocycles. The predicted octanol–water partition coefficient (Wildman–Crippen LogP) is 4.92. The maximum Gasteiger partial charge on any atom is 0.162 e. The largest absolute Gasteiger partial charge is 0.493 e. The minimum Gasteiger partial charge on any atom is -0.493 e. The second-order valence-electron chi connectivity index (χ2n) is 5.98. The van der Waals surface area contributed by atoms with E-state index in [1.54, 1.807) is 20.4 Å². The molecule has 3 aromatic rings. The normalized spacial score (nSPS) is 13.8. The Hall–Kier alpha value is -2.75. The second-order valence-corrected chi connectivity index (χ2v) is 5.98. The standard InChI is InChI=1S/C20H19NO3/c1-22-19-11-16-17(12-20(19)23-2)21-10-9-18(16)24-15-7-5-14(6-8-15)13-3-4-13/h5-13H,3-4H2,1-2H3. The monoisotopic (exact) mass is 321 g/mol. The van der Waals surface area contributed by atoms with Crippen molar-refractivity contribution in [1.82, 2.24) is 4.98 Å². The average molecular weight is 321 g/mol. The van der Waals surface area contributed by atoms with E-state index in [9.17, 15) is 0 Å². The number of methoxy groups -OCH3 is 2. The highest BCUT2D eigenvalue weighted by atomic mass is 16.5. The van der Waals surface area contributed by atoms with Crippen LogP contribution in [0.15, 0.2) is 48.7 Å². The first-order valence-electron chi connectivity index (χ1n) is 8.07. The van der Waals surface area contributed by atoms with Crippen molar-refractivity contribution in [3.8, 4) is 23.0 Å². The fraction of sp³-hybridized carbons (Fsp3) is 0.250. The van der Waals surface area contributed by atoms with E-state index in [2.05, 4.69) is 17.1 Å². The second kappa shape index (κ2) is 6.04. The molecule has 4 heteroatoms. The number of aromatic nitrogens is 1. The Morgan fingerprint density at radius 1 is 0.875 bits per heavy atom. The Labute approximate surface area is 141 Å². The van der Waals surface area contributed by atoms with Gasteiger partial charge in [-0.05, 0) is 48.6 Å². The van der Waals surface area contributed by atoms with E-state index in [1.807, 2.05) is 30.3 Å². The number of fused-ring (bicyclic) bond motifs is 1. The van der Waals surface area contributed by atoms with E-state index in [1.165, 1.54) is 18.4 Å². The smallest absolute Gasteiger partial charge is 0.162 e. The molecule has 4 nitrogen and oxygen atoms in total. The van der Waals surface area contributed by atoms with Gasteiger partial charge >= 0.3 is 0 Å². The van der Waals surface area contributed by atoms with Crippen molar-refractivity contribution in [2.45, 2.75) is 18.8 Å². The summed E-state index contributed by atoms with van der Waals surface area (Å²) in [7, 11) is 3.24. The predicted molar refractivity (Wildman–Crippen MR) is 93.3 cm³/mol. The van der Waals surface area contributed by atoms with Crippen molar-refractivity contribution >= 4 is 10.9 Å². The van der Waals surface area contributed by atoms with Gasteiger partial charge in [0.15, 0.2) is 11.5 Å². The summed E-state index contributed by atoms with van der Waals surface area (Å²) in [5.74, 6) is 3.63. The van der Waals surface area contributed by atoms with E-state index in [0.29, 0.717) is 11.5 Å². The minimum atomic E-state index is 0.656. The van der Waals surface area contributed by atoms with Crippen LogP contribution in [0.25, 0.3) is 10.9 Å². The molecule has 0 radical (unpaired) electrons. The Morgan fingerprint density at radius 3 is 2.25 bits per heavy atom. The first kappa shape index (κ1) is 14.8. The lowest BCUT2D eigenvalue weighted by Gasteiger charge is -2.12. The van der Waals surface area contributed by atoms with Gasteiger partial charge in [-0.15, -0.1) is 0 Å². The number of nitrogens with zero attached hydrogens (tertiary/aromatic N) is 1. The third-order valence-corrected chi connectivity index (χ3v) is 4.36. The number of hydrogen-bond donors (Lipinski definition) is 0. The van der Waals surface area contributed by atoms with Crippen LogP contribution in [0.5, 0.6) is 23.0 Å². The van der Waals surface area contributed by atoms with Gasteiger partial charge in [-0.2, -0.15) is 0 Å². The molecule has 122 valence electrons. The van der Waals surface area contributed by atoms with Crippen molar-refractivity contribution in [3.05, 3.63) is 54.2 Å². The van der Waals surface area contributed by atoms with Crippen molar-refractivity contribution in [1.29, 1.82) is 0 Å². The summed E-state index contributed by atoms with van der Waals surface area (Å²) in [5, 5.41) is 0.890. The number of benzene rings is 2. The third-order valence-electron chi connectivity index (χ3n) is 4.36. The van der Waals surface area contributed by atoms with Gasteiger partial charge in [0.2, 0.25) is 0 Å². The van der Waals surface area contributed by atoms with Gasteiger partial charge in [-0.25, -0.2) is 0 Å². The number of ether oxygens (including phenoxy) is 3. The van der Waals surface area contributed by atoms with Crippen LogP contribution >= 0.6 is 0 Å². The molecule has 0 spiro atoms. The van der Waals surface area contributed by atoms with Crippen LogP contribution in [0, 0.1) is 0 Å². The first-order chi connectivity index (χ1) is 11.8. The van der Waals surface area contributed by atoms with Crippen LogP contribution < -0.4 is 14.2 Å². The van der Waals surface area contributed by atoms with Crippen LogP contribution in [0.4, 0.5) is 0 Å². The fourth-order valence-corrected chi connectivity index (χ4v) is 2.89. The minimum absolute atomic E-state index is 0.656. The quantitative estimate of drug-likeness (QED) is 0.668. The molecule has 0 N–H and O–H groups in total. The van der Waals surface area contributed by atoms with Crippen LogP contribution in [-0.4, -0.2) is 19.2 Å². The van der Waals surface area contributed by atoms with E-state index in [-0.39, 0.29) is 0 Å². The molecule has 1 fully saturated rings. The zero-order valence-corrected chi connectivity index (χ0v) is 13.8. The highest BCUT2D eigenvalue weighted by Crippen LogP contribution is 2.41. The topological polar surface area (TPSA) is 40.6 Å². The van der Waals surface area contributed by atoms with Crippen LogP contribution in [0.3, 0.4) is 0 Å². The summed E-state index contributed by atoms with van der Waals surface area (Å²) in [6.45, 7) is 0. The molecular formula is C20H19NO3. The van der Waals surface area contributed by atoms with Gasteiger partial charge < -0.3 is 14.2 Å². The average Bonchev–Trinajstić information content (AvgIpc) is 3.46. The van der Waals surface area contributed by atoms with E-state index >= 15 is 0 Å². The van der Waals surface area contributed by atoms with Crippen molar-refractivity contribution < 1.29 is 14.2 Å². The van der Waals surface area contributed by atoms with Gasteiger partial charge in [-0.1, -0.05) is 12.1 Å². The molecular weight excluding hydrogens is 302 g/mol. The Morgan fingerprint density at radius 2 is 1.58 bits per heavy atom. The molecule has 1 aliphatic rings. The Balaban J connectivity index is 1.70. The van der Waals surface area contributed by atoms with Crippen LogP contribution in [0.2, 0.25) is 0 Å². The summed E-state index contributed by atoms with van der Waals surface area (Å²) >= 11 is 0. The highest BCUT2D eigenvalue weighted by Gasteiger charge is 2.23. The lowest BCUT2D eigenvalue weighted by atomic mass is 10.1. The lowest BCUT2D eigenvalue weighted by Crippen LogP contribution is -1.93. The van der Waals surface area contributed by atoms with E-state index in [4.69, 9.17) is 14.2 Å². The number of pyridine rings is 1. The summed E-state index contributed by atoms with van der Waals surface area (Å²) in [6.07, 6.45) is 4.34. The molecule has 1 aromatic heterocycles. The number of rotatable bonds is 5. The van der Waals surface area contributed by atoms with Gasteiger partial charge in [0.1, 0.15) is 11.5 Å². The SMILES string of the molecule is COc1cc2nccc(Oc3ccc(C4CC4)cc3)c2cc1OC. The Bertz CT molecular complexity index is 870. The zero-order valence-electron chi connectivity index (χ0n) is 13.8. The Kier molecular flexibility index (Phi) is 3.73. The van der Waals surface area contributed by atoms with Crippen molar-refractivity contribution in [2.24, 2.45) is 0 Å². The molecule has 0 saturated heterocycles. The maximum absolute atomic E-state index is 6.08. The van der Waals surface area contributed by atoms with Crippen LogP contribution in [0.1, 0.15) is 24.3 Å². The lowest BCUT2D eigenvalue weighted by molar-refractivity contribution is 0.355. The molecule has 0 unspecified atom stereocenters. The maximum atomic E-state index is 6.08. The van der Waals surface area contributed by atoms with E-state index in [0.717, 1.165) is 28.3 Å². The van der Waals surface area contributed by atoms with Gasteiger partial charge in [0.05, 0.1) is 19.7 Å². The summed E-state index contributed by atoms with van der Waals surface area (Å²) in [5.41, 5.74) is 2.20. The molecule has 4 rings (SSSR count). The molecule has 0 bridgehead atoms. The zero-order chi connectivity index (χ0) is 16.5. The summed E-state index contributed by atoms with van der Waals surface area (Å²) < 4.78 is 16.8. The molecule has 1 heterocycles. The summed E-state index contributed by atoms with van der Waals surface area (Å²) in [4.78, 5) is 4.40. The molecule has 0 aliphatic heterocycles.